The van der Waals surface area contributed by atoms with E-state index in [1.807, 2.05) is 0 Å². The van der Waals surface area contributed by atoms with Crippen molar-refractivity contribution in [2.75, 3.05) is 30.4 Å². The summed E-state index contributed by atoms with van der Waals surface area (Å²) < 4.78 is 5.90. The van der Waals surface area contributed by atoms with Gasteiger partial charge in [-0.25, -0.2) is 14.8 Å². The molecule has 3 aromatic rings. The molecule has 0 saturated carbocycles. The summed E-state index contributed by atoms with van der Waals surface area (Å²) in [5, 5.41) is 2.87. The van der Waals surface area contributed by atoms with Crippen LogP contribution in [0, 0.1) is 0 Å². The van der Waals surface area contributed by atoms with Gasteiger partial charge < -0.3 is 15.0 Å². The summed E-state index contributed by atoms with van der Waals surface area (Å²) in [6.45, 7) is 1.50. The number of nitrogens with zero attached hydrogens (tertiary/aromatic N) is 5. The number of benzene rings is 1. The average Bonchev–Trinajstić information content (AvgIpc) is 3.30. The average molecular weight is 408 g/mol. The zero-order chi connectivity index (χ0) is 21.1. The lowest BCUT2D eigenvalue weighted by Crippen LogP contribution is -2.29. The fraction of sp³-hybridized carbons (Fsp3) is 0.300. The predicted octanol–water partition coefficient (Wildman–Crippen LogP) is 1.21. The van der Waals surface area contributed by atoms with E-state index in [2.05, 4.69) is 25.2 Å². The number of carbonyl (C=O) groups is 2. The lowest BCUT2D eigenvalue weighted by molar-refractivity contribution is -0.116. The van der Waals surface area contributed by atoms with Crippen LogP contribution in [0.4, 0.5) is 11.6 Å². The van der Waals surface area contributed by atoms with Gasteiger partial charge in [0.05, 0.1) is 18.4 Å². The van der Waals surface area contributed by atoms with Crippen molar-refractivity contribution < 1.29 is 14.3 Å². The van der Waals surface area contributed by atoms with E-state index in [0.717, 1.165) is 25.9 Å². The number of amides is 1. The highest BCUT2D eigenvalue weighted by Gasteiger charge is 2.18. The lowest BCUT2D eigenvalue weighted by atomic mass is 10.2. The number of ether oxygens (including phenoxy) is 1. The largest absolute Gasteiger partial charge is 0.465 e. The maximum absolute atomic E-state index is 12.7. The number of fused-ring (bicyclic) bond motifs is 1. The third-order valence-electron chi connectivity index (χ3n) is 4.88. The number of esters is 1. The Morgan fingerprint density at radius 2 is 1.93 bits per heavy atom. The molecule has 1 saturated heterocycles. The van der Waals surface area contributed by atoms with Crippen molar-refractivity contribution >= 4 is 34.5 Å². The molecule has 0 aliphatic carbocycles. The monoisotopic (exact) mass is 408 g/mol. The van der Waals surface area contributed by atoms with E-state index in [4.69, 9.17) is 4.74 Å². The molecule has 3 heterocycles. The van der Waals surface area contributed by atoms with Gasteiger partial charge in [-0.15, -0.1) is 0 Å². The first-order valence-corrected chi connectivity index (χ1v) is 9.51. The van der Waals surface area contributed by atoms with Crippen LogP contribution in [0.2, 0.25) is 0 Å². The zero-order valence-corrected chi connectivity index (χ0v) is 16.4. The van der Waals surface area contributed by atoms with Gasteiger partial charge in [-0.1, -0.05) is 12.1 Å². The maximum Gasteiger partial charge on any atom is 0.339 e. The second kappa shape index (κ2) is 8.27. The summed E-state index contributed by atoms with van der Waals surface area (Å²) in [4.78, 5) is 52.0. The van der Waals surface area contributed by atoms with Crippen LogP contribution in [0.25, 0.3) is 11.0 Å². The second-order valence-electron chi connectivity index (χ2n) is 6.86. The van der Waals surface area contributed by atoms with Crippen LogP contribution in [0.1, 0.15) is 23.2 Å². The molecule has 1 fully saturated rings. The van der Waals surface area contributed by atoms with Gasteiger partial charge in [-0.2, -0.15) is 4.98 Å². The van der Waals surface area contributed by atoms with Crippen molar-refractivity contribution in [2.24, 2.45) is 0 Å². The SMILES string of the molecule is COC(=O)c1ccccc1NC(=O)Cn1cnc2nc(N3CCCC3)ncc2c1=O. The van der Waals surface area contributed by atoms with Gasteiger partial charge in [0.1, 0.15) is 18.3 Å². The topological polar surface area (TPSA) is 119 Å². The molecule has 0 bridgehead atoms. The number of hydrogen-bond donors (Lipinski definition) is 1. The molecule has 0 radical (unpaired) electrons. The Hall–Kier alpha value is -3.82. The molecule has 1 aliphatic heterocycles. The first-order chi connectivity index (χ1) is 14.6. The molecule has 0 unspecified atom stereocenters. The number of aromatic nitrogens is 4. The molecule has 10 nitrogen and oxygen atoms in total. The fourth-order valence-corrected chi connectivity index (χ4v) is 3.35. The van der Waals surface area contributed by atoms with E-state index in [9.17, 15) is 14.4 Å². The Balaban J connectivity index is 1.55. The van der Waals surface area contributed by atoms with Gasteiger partial charge in [0, 0.05) is 19.3 Å². The number of rotatable bonds is 5. The number of methoxy groups -OCH3 is 1. The van der Waals surface area contributed by atoms with Gasteiger partial charge in [0.25, 0.3) is 5.56 Å². The normalized spacial score (nSPS) is 13.4. The molecule has 1 aliphatic rings. The fourth-order valence-electron chi connectivity index (χ4n) is 3.35. The summed E-state index contributed by atoms with van der Waals surface area (Å²) in [6.07, 6.45) is 4.92. The van der Waals surface area contributed by atoms with Crippen LogP contribution in [0.5, 0.6) is 0 Å². The number of nitrogens with one attached hydrogen (secondary N) is 1. The highest BCUT2D eigenvalue weighted by Crippen LogP contribution is 2.17. The molecule has 4 rings (SSSR count). The van der Waals surface area contributed by atoms with Gasteiger partial charge in [0.2, 0.25) is 11.9 Å². The maximum atomic E-state index is 12.7. The molecular weight excluding hydrogens is 388 g/mol. The Kier molecular flexibility index (Phi) is 5.38. The molecule has 1 amide bonds. The Morgan fingerprint density at radius 1 is 1.17 bits per heavy atom. The smallest absolute Gasteiger partial charge is 0.339 e. The quantitative estimate of drug-likeness (QED) is 0.626. The summed E-state index contributed by atoms with van der Waals surface area (Å²) >= 11 is 0. The van der Waals surface area contributed by atoms with Gasteiger partial charge >= 0.3 is 5.97 Å². The highest BCUT2D eigenvalue weighted by atomic mass is 16.5. The molecule has 1 aromatic carbocycles. The molecule has 154 valence electrons. The first kappa shape index (κ1) is 19.5. The third kappa shape index (κ3) is 3.84. The predicted molar refractivity (Wildman–Crippen MR) is 109 cm³/mol. The van der Waals surface area contributed by atoms with Crippen LogP contribution < -0.4 is 15.8 Å². The Bertz CT molecular complexity index is 1170. The zero-order valence-electron chi connectivity index (χ0n) is 16.4. The van der Waals surface area contributed by atoms with E-state index in [-0.39, 0.29) is 17.5 Å². The van der Waals surface area contributed by atoms with Crippen molar-refractivity contribution in [3.8, 4) is 0 Å². The van der Waals surface area contributed by atoms with E-state index >= 15 is 0 Å². The van der Waals surface area contributed by atoms with E-state index in [1.54, 1.807) is 24.3 Å². The van der Waals surface area contributed by atoms with Crippen LogP contribution in [-0.2, 0) is 16.1 Å². The van der Waals surface area contributed by atoms with Crippen molar-refractivity contribution in [3.05, 3.63) is 52.7 Å². The molecule has 10 heteroatoms. The number of para-hydroxylation sites is 1. The van der Waals surface area contributed by atoms with E-state index < -0.39 is 17.4 Å². The summed E-state index contributed by atoms with van der Waals surface area (Å²) in [5.41, 5.74) is 0.406. The van der Waals surface area contributed by atoms with Gasteiger partial charge in [0.15, 0.2) is 5.65 Å². The number of carbonyl (C=O) groups excluding carboxylic acids is 2. The van der Waals surface area contributed by atoms with E-state index in [0.29, 0.717) is 17.3 Å². The molecule has 30 heavy (non-hydrogen) atoms. The molecule has 1 N–H and O–H groups in total. The Morgan fingerprint density at radius 3 is 2.70 bits per heavy atom. The minimum Gasteiger partial charge on any atom is -0.465 e. The van der Waals surface area contributed by atoms with Gasteiger partial charge in [-0.3, -0.25) is 14.2 Å². The third-order valence-corrected chi connectivity index (χ3v) is 4.88. The van der Waals surface area contributed by atoms with Crippen molar-refractivity contribution in [1.82, 2.24) is 19.5 Å². The first-order valence-electron chi connectivity index (χ1n) is 9.51. The minimum absolute atomic E-state index is 0.222. The summed E-state index contributed by atoms with van der Waals surface area (Å²) in [6, 6.07) is 6.47. The standard InChI is InChI=1S/C20H20N6O4/c1-30-19(29)13-6-2-3-7-15(13)23-16(27)11-26-12-22-17-14(18(26)28)10-21-20(24-17)25-8-4-5-9-25/h2-3,6-7,10,12H,4-5,8-9,11H2,1H3,(H,23,27). The van der Waals surface area contributed by atoms with Crippen molar-refractivity contribution in [3.63, 3.8) is 0 Å². The number of hydrogen-bond acceptors (Lipinski definition) is 8. The lowest BCUT2D eigenvalue weighted by Gasteiger charge is -2.15. The second-order valence-corrected chi connectivity index (χ2v) is 6.86. The molecule has 2 aromatic heterocycles. The Labute approximate surface area is 171 Å². The van der Waals surface area contributed by atoms with Crippen molar-refractivity contribution in [1.29, 1.82) is 0 Å². The van der Waals surface area contributed by atoms with Crippen LogP contribution in [-0.4, -0.2) is 51.6 Å². The molecular formula is C20H20N6O4. The molecule has 0 spiro atoms. The van der Waals surface area contributed by atoms with Crippen molar-refractivity contribution in [2.45, 2.75) is 19.4 Å². The van der Waals surface area contributed by atoms with Gasteiger partial charge in [-0.05, 0) is 25.0 Å². The summed E-state index contributed by atoms with van der Waals surface area (Å²) in [7, 11) is 1.26. The summed E-state index contributed by atoms with van der Waals surface area (Å²) in [5.74, 6) is -0.493. The van der Waals surface area contributed by atoms with Crippen LogP contribution >= 0.6 is 0 Å². The van der Waals surface area contributed by atoms with Crippen LogP contribution in [0.3, 0.4) is 0 Å². The number of anilines is 2. The minimum atomic E-state index is -0.568. The van der Waals surface area contributed by atoms with Crippen LogP contribution in [0.15, 0.2) is 41.6 Å². The molecule has 0 atom stereocenters. The van der Waals surface area contributed by atoms with E-state index in [1.165, 1.54) is 24.2 Å². The highest BCUT2D eigenvalue weighted by molar-refractivity contribution is 6.01.